The van der Waals surface area contributed by atoms with Crippen molar-refractivity contribution in [3.63, 3.8) is 0 Å². The zero-order valence-corrected chi connectivity index (χ0v) is 12.2. The fraction of sp³-hybridized carbons (Fsp3) is 0.0667. The summed E-state index contributed by atoms with van der Waals surface area (Å²) in [5.74, 6) is 0.247. The van der Waals surface area contributed by atoms with Crippen LogP contribution in [-0.4, -0.2) is 23.3 Å². The van der Waals surface area contributed by atoms with E-state index in [9.17, 15) is 8.60 Å². The maximum atomic E-state index is 13.9. The molecule has 1 atom stereocenters. The molecule has 3 rings (SSSR count). The maximum absolute atomic E-state index is 13.9. The van der Waals surface area contributed by atoms with Gasteiger partial charge in [0.2, 0.25) is 0 Å². The minimum absolute atomic E-state index is 0.0252. The second-order valence-corrected chi connectivity index (χ2v) is 5.55. The third kappa shape index (κ3) is 2.95. The minimum atomic E-state index is -1.91. The van der Waals surface area contributed by atoms with Gasteiger partial charge in [-0.25, -0.2) is 18.6 Å². The first-order chi connectivity index (χ1) is 10.6. The van der Waals surface area contributed by atoms with Crippen LogP contribution in [0.15, 0.2) is 55.1 Å². The van der Waals surface area contributed by atoms with Gasteiger partial charge in [0, 0.05) is 11.8 Å². The topological polar surface area (TPSA) is 68.0 Å². The molecule has 1 aromatic carbocycles. The van der Waals surface area contributed by atoms with Crippen molar-refractivity contribution in [2.45, 2.75) is 5.75 Å². The number of benzene rings is 1. The van der Waals surface area contributed by atoms with Crippen molar-refractivity contribution >= 4 is 11.1 Å². The van der Waals surface area contributed by atoms with E-state index in [2.05, 4.69) is 9.97 Å². The van der Waals surface area contributed by atoms with Gasteiger partial charge >= 0.3 is 0 Å². The van der Waals surface area contributed by atoms with E-state index in [1.807, 2.05) is 0 Å². The molecule has 1 N–H and O–H groups in total. The molecule has 112 valence electrons. The van der Waals surface area contributed by atoms with E-state index < -0.39 is 11.1 Å². The highest BCUT2D eigenvalue weighted by atomic mass is 32.2. The molecule has 3 aromatic rings. The molecule has 2 heterocycles. The van der Waals surface area contributed by atoms with Crippen molar-refractivity contribution < 1.29 is 13.2 Å². The summed E-state index contributed by atoms with van der Waals surface area (Å²) in [5.41, 5.74) is 1.67. The SMILES string of the molecule is O=S(O)Cc1ccc(-n2cncc2-c2ccccc2F)nc1. The Morgan fingerprint density at radius 3 is 2.68 bits per heavy atom. The van der Waals surface area contributed by atoms with Gasteiger partial charge in [0.1, 0.15) is 18.0 Å². The van der Waals surface area contributed by atoms with Gasteiger partial charge in [0.05, 0.1) is 17.6 Å². The van der Waals surface area contributed by atoms with Crippen molar-refractivity contribution in [3.05, 3.63) is 66.5 Å². The quantitative estimate of drug-likeness (QED) is 0.751. The molecule has 0 aliphatic heterocycles. The first kappa shape index (κ1) is 14.6. The third-order valence-corrected chi connectivity index (χ3v) is 3.71. The van der Waals surface area contributed by atoms with Gasteiger partial charge in [-0.2, -0.15) is 0 Å². The van der Waals surface area contributed by atoms with Crippen molar-refractivity contribution in [2.75, 3.05) is 0 Å². The lowest BCUT2D eigenvalue weighted by molar-refractivity contribution is 0.563. The van der Waals surface area contributed by atoms with Crippen molar-refractivity contribution in [3.8, 4) is 17.1 Å². The lowest BCUT2D eigenvalue weighted by atomic mass is 10.1. The minimum Gasteiger partial charge on any atom is -0.306 e. The summed E-state index contributed by atoms with van der Waals surface area (Å²) in [4.78, 5) is 8.30. The van der Waals surface area contributed by atoms with Gasteiger partial charge in [-0.3, -0.25) is 4.57 Å². The molecule has 0 bridgehead atoms. The van der Waals surface area contributed by atoms with Gasteiger partial charge in [-0.05, 0) is 23.8 Å². The molecule has 7 heteroatoms. The molecular formula is C15H12FN3O2S. The molecule has 2 aromatic heterocycles. The second-order valence-electron chi connectivity index (χ2n) is 4.62. The zero-order valence-electron chi connectivity index (χ0n) is 11.4. The Morgan fingerprint density at radius 2 is 2.00 bits per heavy atom. The number of hydrogen-bond donors (Lipinski definition) is 1. The summed E-state index contributed by atoms with van der Waals surface area (Å²) in [6.07, 6.45) is 4.64. The van der Waals surface area contributed by atoms with Crippen LogP contribution in [0.1, 0.15) is 5.56 Å². The van der Waals surface area contributed by atoms with Gasteiger partial charge in [0.15, 0.2) is 11.1 Å². The summed E-state index contributed by atoms with van der Waals surface area (Å²) in [6, 6.07) is 9.85. The van der Waals surface area contributed by atoms with Crippen LogP contribution in [0.3, 0.4) is 0 Å². The number of hydrogen-bond acceptors (Lipinski definition) is 3. The molecule has 0 saturated heterocycles. The first-order valence-electron chi connectivity index (χ1n) is 6.45. The lowest BCUT2D eigenvalue weighted by Crippen LogP contribution is -2.01. The number of pyridine rings is 1. The Balaban J connectivity index is 1.99. The van der Waals surface area contributed by atoms with E-state index in [0.29, 0.717) is 22.6 Å². The van der Waals surface area contributed by atoms with Crippen LogP contribution in [0, 0.1) is 5.82 Å². The third-order valence-electron chi connectivity index (χ3n) is 3.13. The second kappa shape index (κ2) is 6.17. The first-order valence-corrected chi connectivity index (χ1v) is 7.73. The van der Waals surface area contributed by atoms with Crippen LogP contribution < -0.4 is 0 Å². The Morgan fingerprint density at radius 1 is 1.18 bits per heavy atom. The average molecular weight is 317 g/mol. The predicted octanol–water partition coefficient (Wildman–Crippen LogP) is 2.80. The van der Waals surface area contributed by atoms with E-state index in [4.69, 9.17) is 4.55 Å². The molecule has 0 amide bonds. The number of imidazole rings is 1. The standard InChI is InChI=1S/C15H12FN3O2S/c16-13-4-2-1-3-12(13)14-8-17-10-19(14)15-6-5-11(7-18-15)9-22(20)21/h1-8,10H,9H2,(H,20,21). The average Bonchev–Trinajstić information content (AvgIpc) is 2.97. The monoisotopic (exact) mass is 317 g/mol. The van der Waals surface area contributed by atoms with Crippen LogP contribution in [-0.2, 0) is 16.8 Å². The molecule has 0 spiro atoms. The maximum Gasteiger partial charge on any atom is 0.157 e. The molecule has 0 fully saturated rings. The van der Waals surface area contributed by atoms with Crippen LogP contribution in [0.5, 0.6) is 0 Å². The molecule has 0 radical (unpaired) electrons. The number of aromatic nitrogens is 3. The van der Waals surface area contributed by atoms with Gasteiger partial charge in [0.25, 0.3) is 0 Å². The highest BCUT2D eigenvalue weighted by Crippen LogP contribution is 2.24. The molecule has 22 heavy (non-hydrogen) atoms. The highest BCUT2D eigenvalue weighted by molar-refractivity contribution is 7.78. The normalized spacial score (nSPS) is 12.3. The molecular weight excluding hydrogens is 305 g/mol. The smallest absolute Gasteiger partial charge is 0.157 e. The van der Waals surface area contributed by atoms with Gasteiger partial charge in [-0.1, -0.05) is 18.2 Å². The summed E-state index contributed by atoms with van der Waals surface area (Å²) in [6.45, 7) is 0. The zero-order chi connectivity index (χ0) is 15.5. The Hall–Kier alpha value is -2.38. The Labute approximate surface area is 128 Å². The Kier molecular flexibility index (Phi) is 4.08. The molecule has 1 unspecified atom stereocenters. The van der Waals surface area contributed by atoms with Gasteiger partial charge < -0.3 is 4.55 Å². The van der Waals surface area contributed by atoms with Crippen LogP contribution in [0.4, 0.5) is 4.39 Å². The van der Waals surface area contributed by atoms with Crippen molar-refractivity contribution in [1.29, 1.82) is 0 Å². The summed E-state index contributed by atoms with van der Waals surface area (Å²) >= 11 is -1.91. The molecule has 0 aliphatic rings. The van der Waals surface area contributed by atoms with Crippen LogP contribution >= 0.6 is 0 Å². The van der Waals surface area contributed by atoms with E-state index in [1.165, 1.54) is 12.3 Å². The van der Waals surface area contributed by atoms with E-state index in [0.717, 1.165) is 0 Å². The summed E-state index contributed by atoms with van der Waals surface area (Å²) < 4.78 is 35.3. The van der Waals surface area contributed by atoms with E-state index in [-0.39, 0.29) is 11.6 Å². The van der Waals surface area contributed by atoms with Crippen molar-refractivity contribution in [1.82, 2.24) is 14.5 Å². The fourth-order valence-electron chi connectivity index (χ4n) is 2.13. The largest absolute Gasteiger partial charge is 0.306 e. The number of rotatable bonds is 4. The van der Waals surface area contributed by atoms with Crippen LogP contribution in [0.25, 0.3) is 17.1 Å². The number of halogens is 1. The lowest BCUT2D eigenvalue weighted by Gasteiger charge is -2.08. The molecule has 0 aliphatic carbocycles. The molecule has 5 nitrogen and oxygen atoms in total. The van der Waals surface area contributed by atoms with Gasteiger partial charge in [-0.15, -0.1) is 0 Å². The molecule has 0 saturated carbocycles. The number of nitrogens with zero attached hydrogens (tertiary/aromatic N) is 3. The Bertz CT molecular complexity index is 818. The van der Waals surface area contributed by atoms with Crippen molar-refractivity contribution in [2.24, 2.45) is 0 Å². The van der Waals surface area contributed by atoms with E-state index in [1.54, 1.807) is 47.4 Å². The predicted molar refractivity (Wildman–Crippen MR) is 81.2 cm³/mol. The highest BCUT2D eigenvalue weighted by Gasteiger charge is 2.11. The fourth-order valence-corrected chi connectivity index (χ4v) is 2.59. The van der Waals surface area contributed by atoms with Crippen LogP contribution in [0.2, 0.25) is 0 Å². The summed E-state index contributed by atoms with van der Waals surface area (Å²) in [7, 11) is 0. The summed E-state index contributed by atoms with van der Waals surface area (Å²) in [5, 5.41) is 0. The van der Waals surface area contributed by atoms with E-state index >= 15 is 0 Å².